The molecule has 1 aliphatic rings. The summed E-state index contributed by atoms with van der Waals surface area (Å²) in [7, 11) is 0. The van der Waals surface area contributed by atoms with Gasteiger partial charge in [-0.2, -0.15) is 0 Å². The molecule has 4 nitrogen and oxygen atoms in total. The van der Waals surface area contributed by atoms with Gasteiger partial charge < -0.3 is 0 Å². The summed E-state index contributed by atoms with van der Waals surface area (Å²) >= 11 is 0. The van der Waals surface area contributed by atoms with Crippen LogP contribution in [0.4, 0.5) is 0 Å². The van der Waals surface area contributed by atoms with Crippen molar-refractivity contribution in [1.82, 2.24) is 15.8 Å². The van der Waals surface area contributed by atoms with E-state index in [0.29, 0.717) is 6.42 Å². The minimum Gasteiger partial charge on any atom is -0.291 e. The predicted molar refractivity (Wildman–Crippen MR) is 47.5 cm³/mol. The third kappa shape index (κ3) is 1.84. The van der Waals surface area contributed by atoms with Crippen molar-refractivity contribution in [1.29, 1.82) is 0 Å². The van der Waals surface area contributed by atoms with Crippen LogP contribution < -0.4 is 10.9 Å². The predicted octanol–water partition coefficient (Wildman–Crippen LogP) is 0.537. The molecule has 1 fully saturated rings. The molecule has 4 heteroatoms. The molecule has 1 aromatic heterocycles. The lowest BCUT2D eigenvalue weighted by molar-refractivity contribution is -0.124. The Kier molecular flexibility index (Phi) is 2.23. The average molecular weight is 177 g/mol. The maximum absolute atomic E-state index is 10.8. The number of hydrogen-bond acceptors (Lipinski definition) is 3. The van der Waals surface area contributed by atoms with E-state index in [0.717, 1.165) is 12.1 Å². The molecule has 0 bridgehead atoms. The molecule has 1 aliphatic heterocycles. The fourth-order valence-electron chi connectivity index (χ4n) is 1.38. The van der Waals surface area contributed by atoms with Crippen molar-refractivity contribution in [2.75, 3.05) is 0 Å². The molecule has 68 valence electrons. The molecule has 2 N–H and O–H groups in total. The Morgan fingerprint density at radius 1 is 1.46 bits per heavy atom. The molecule has 2 heterocycles. The van der Waals surface area contributed by atoms with Crippen LogP contribution in [0.1, 0.15) is 24.6 Å². The number of nitrogens with zero attached hydrogens (tertiary/aromatic N) is 1. The van der Waals surface area contributed by atoms with Crippen LogP contribution in [0.2, 0.25) is 0 Å². The number of hydrazine groups is 1. The Labute approximate surface area is 76.3 Å². The van der Waals surface area contributed by atoms with Crippen LogP contribution in [0.3, 0.4) is 0 Å². The van der Waals surface area contributed by atoms with E-state index in [9.17, 15) is 4.79 Å². The van der Waals surface area contributed by atoms with Crippen LogP contribution in [0.5, 0.6) is 0 Å². The molecule has 0 aliphatic carbocycles. The first-order valence-corrected chi connectivity index (χ1v) is 4.31. The van der Waals surface area contributed by atoms with Gasteiger partial charge in [-0.1, -0.05) is 6.07 Å². The van der Waals surface area contributed by atoms with E-state index in [1.807, 2.05) is 18.2 Å². The Balaban J connectivity index is 2.07. The fraction of sp³-hybridized carbons (Fsp3) is 0.333. The molecule has 0 aromatic carbocycles. The zero-order valence-corrected chi connectivity index (χ0v) is 7.16. The van der Waals surface area contributed by atoms with Gasteiger partial charge in [0.25, 0.3) is 0 Å². The molecule has 13 heavy (non-hydrogen) atoms. The first-order chi connectivity index (χ1) is 6.36. The van der Waals surface area contributed by atoms with Gasteiger partial charge in [-0.3, -0.25) is 15.2 Å². The van der Waals surface area contributed by atoms with Gasteiger partial charge in [0.15, 0.2) is 0 Å². The Morgan fingerprint density at radius 2 is 2.38 bits per heavy atom. The lowest BCUT2D eigenvalue weighted by Gasteiger charge is -2.23. The lowest BCUT2D eigenvalue weighted by atomic mass is 10.1. The summed E-state index contributed by atoms with van der Waals surface area (Å²) in [5.74, 6) is 0.0483. The summed E-state index contributed by atoms with van der Waals surface area (Å²) in [6.45, 7) is 0. The first kappa shape index (κ1) is 8.19. The minimum atomic E-state index is 0.0483. The zero-order chi connectivity index (χ0) is 9.10. The Hall–Kier alpha value is -1.42. The van der Waals surface area contributed by atoms with E-state index < -0.39 is 0 Å². The lowest BCUT2D eigenvalue weighted by Crippen LogP contribution is -2.44. The molecule has 0 spiro atoms. The summed E-state index contributed by atoms with van der Waals surface area (Å²) in [6, 6.07) is 5.93. The molecule has 0 radical (unpaired) electrons. The van der Waals surface area contributed by atoms with Crippen molar-refractivity contribution in [3.63, 3.8) is 0 Å². The second kappa shape index (κ2) is 3.53. The van der Waals surface area contributed by atoms with Gasteiger partial charge >= 0.3 is 0 Å². The number of carbonyl (C=O) groups is 1. The summed E-state index contributed by atoms with van der Waals surface area (Å²) in [6.07, 6.45) is 3.13. The highest BCUT2D eigenvalue weighted by Crippen LogP contribution is 2.17. The van der Waals surface area contributed by atoms with Crippen molar-refractivity contribution >= 4 is 5.91 Å². The highest BCUT2D eigenvalue weighted by Gasteiger charge is 2.19. The monoisotopic (exact) mass is 177 g/mol. The number of rotatable bonds is 1. The van der Waals surface area contributed by atoms with E-state index in [2.05, 4.69) is 15.8 Å². The number of aromatic nitrogens is 1. The van der Waals surface area contributed by atoms with Gasteiger partial charge in [0, 0.05) is 12.6 Å². The smallest absolute Gasteiger partial charge is 0.234 e. The topological polar surface area (TPSA) is 54.0 Å². The number of pyridine rings is 1. The van der Waals surface area contributed by atoms with Crippen molar-refractivity contribution in [3.05, 3.63) is 30.1 Å². The first-order valence-electron chi connectivity index (χ1n) is 4.31. The second-order valence-electron chi connectivity index (χ2n) is 3.04. The van der Waals surface area contributed by atoms with E-state index in [1.54, 1.807) is 6.20 Å². The van der Waals surface area contributed by atoms with Crippen LogP contribution >= 0.6 is 0 Å². The van der Waals surface area contributed by atoms with E-state index in [4.69, 9.17) is 0 Å². The summed E-state index contributed by atoms with van der Waals surface area (Å²) in [5.41, 5.74) is 6.50. The Morgan fingerprint density at radius 3 is 3.00 bits per heavy atom. The number of hydrogen-bond donors (Lipinski definition) is 2. The fourth-order valence-corrected chi connectivity index (χ4v) is 1.38. The summed E-state index contributed by atoms with van der Waals surface area (Å²) in [5, 5.41) is 0. The maximum Gasteiger partial charge on any atom is 0.234 e. The second-order valence-corrected chi connectivity index (χ2v) is 3.04. The molecule has 1 unspecified atom stereocenters. The molecule has 1 aromatic rings. The minimum absolute atomic E-state index is 0.0483. The van der Waals surface area contributed by atoms with Crippen molar-refractivity contribution in [2.24, 2.45) is 0 Å². The van der Waals surface area contributed by atoms with Gasteiger partial charge in [0.2, 0.25) is 5.91 Å². The van der Waals surface area contributed by atoms with Gasteiger partial charge in [0.05, 0.1) is 11.7 Å². The van der Waals surface area contributed by atoms with Crippen molar-refractivity contribution in [3.8, 4) is 0 Å². The van der Waals surface area contributed by atoms with Crippen LogP contribution in [0, 0.1) is 0 Å². The number of carbonyl (C=O) groups excluding carboxylic acids is 1. The molecule has 1 amide bonds. The Bertz CT molecular complexity index is 289. The SMILES string of the molecule is O=C1CCC(c2ccccn2)NN1. The number of nitrogens with one attached hydrogen (secondary N) is 2. The van der Waals surface area contributed by atoms with Crippen LogP contribution in [0.15, 0.2) is 24.4 Å². The van der Waals surface area contributed by atoms with E-state index in [1.165, 1.54) is 0 Å². The average Bonchev–Trinajstić information content (AvgIpc) is 2.20. The third-order valence-electron chi connectivity index (χ3n) is 2.09. The number of amides is 1. The highest BCUT2D eigenvalue weighted by molar-refractivity contribution is 5.76. The van der Waals surface area contributed by atoms with Crippen LogP contribution in [0.25, 0.3) is 0 Å². The van der Waals surface area contributed by atoms with Crippen molar-refractivity contribution < 1.29 is 4.79 Å². The molecule has 1 atom stereocenters. The quantitative estimate of drug-likeness (QED) is 0.658. The molecular formula is C9H11N3O. The highest BCUT2D eigenvalue weighted by atomic mass is 16.2. The van der Waals surface area contributed by atoms with Crippen molar-refractivity contribution in [2.45, 2.75) is 18.9 Å². The van der Waals surface area contributed by atoms with Gasteiger partial charge in [-0.15, -0.1) is 0 Å². The standard InChI is InChI=1S/C9H11N3O/c13-9-5-4-8(11-12-9)7-3-1-2-6-10-7/h1-3,6,8,11H,4-5H2,(H,12,13). The third-order valence-corrected chi connectivity index (χ3v) is 2.09. The van der Waals surface area contributed by atoms with E-state index in [-0.39, 0.29) is 11.9 Å². The molecule has 2 rings (SSSR count). The maximum atomic E-state index is 10.8. The molecule has 0 saturated carbocycles. The summed E-state index contributed by atoms with van der Waals surface area (Å²) < 4.78 is 0. The van der Waals surface area contributed by atoms with Gasteiger partial charge in [0.1, 0.15) is 0 Å². The van der Waals surface area contributed by atoms with Gasteiger partial charge in [-0.05, 0) is 18.6 Å². The van der Waals surface area contributed by atoms with E-state index >= 15 is 0 Å². The largest absolute Gasteiger partial charge is 0.291 e. The normalized spacial score (nSPS) is 22.5. The molecular weight excluding hydrogens is 166 g/mol. The molecule has 1 saturated heterocycles. The summed E-state index contributed by atoms with van der Waals surface area (Å²) in [4.78, 5) is 15.1. The van der Waals surface area contributed by atoms with Crippen LogP contribution in [-0.2, 0) is 4.79 Å². The van der Waals surface area contributed by atoms with Gasteiger partial charge in [-0.25, -0.2) is 5.43 Å². The van der Waals surface area contributed by atoms with Crippen LogP contribution in [-0.4, -0.2) is 10.9 Å². The zero-order valence-electron chi connectivity index (χ0n) is 7.16.